The zero-order valence-electron chi connectivity index (χ0n) is 28.2. The van der Waals surface area contributed by atoms with E-state index in [2.05, 4.69) is 9.72 Å². The Morgan fingerprint density at radius 2 is 1.47 bits per heavy atom. The molecule has 1 aromatic heterocycles. The maximum Gasteiger partial charge on any atom is 0.363 e. The van der Waals surface area contributed by atoms with Gasteiger partial charge in [0, 0.05) is 44.2 Å². The van der Waals surface area contributed by atoms with Gasteiger partial charge in [0.1, 0.15) is 5.01 Å². The first-order valence-electron chi connectivity index (χ1n) is 15.0. The summed E-state index contributed by atoms with van der Waals surface area (Å²) >= 11 is 0.821. The van der Waals surface area contributed by atoms with Gasteiger partial charge >= 0.3 is 11.9 Å². The van der Waals surface area contributed by atoms with Crippen LogP contribution in [0.25, 0.3) is 0 Å². The molecule has 0 unspecified atom stereocenters. The number of likely N-dealkylation sites (N-methyl/N-ethyl adjacent to an activating group) is 1. The van der Waals surface area contributed by atoms with E-state index in [4.69, 9.17) is 4.74 Å². The number of hydrogen-bond donors (Lipinski definition) is 0. The van der Waals surface area contributed by atoms with Crippen LogP contribution in [0.2, 0.25) is 0 Å². The quantitative estimate of drug-likeness (QED) is 0.0686. The highest BCUT2D eigenvalue weighted by Crippen LogP contribution is 2.34. The fraction of sp³-hybridized carbons (Fsp3) is 0.594. The van der Waals surface area contributed by atoms with Crippen molar-refractivity contribution in [2.24, 2.45) is 17.8 Å². The lowest BCUT2D eigenvalue weighted by Crippen LogP contribution is -2.50. The molecule has 0 aliphatic carbocycles. The molecule has 1 heterocycles. The first-order chi connectivity index (χ1) is 21.7. The number of hydrogen-bond acceptors (Lipinski definition) is 9. The number of nitrogens with zero attached hydrogens (tertiary/aromatic N) is 3. The second-order valence-electron chi connectivity index (χ2n) is 12.5. The third-order valence-electron chi connectivity index (χ3n) is 8.60. The predicted octanol–water partition coefficient (Wildman–Crippen LogP) is 6.50. The summed E-state index contributed by atoms with van der Waals surface area (Å²) in [4.78, 5) is 59.4. The van der Waals surface area contributed by atoms with Crippen molar-refractivity contribution in [2.45, 2.75) is 85.4 Å². The van der Waals surface area contributed by atoms with Crippen LogP contribution in [0.15, 0.2) is 5.38 Å². The van der Waals surface area contributed by atoms with E-state index in [0.29, 0.717) is 6.42 Å². The summed E-state index contributed by atoms with van der Waals surface area (Å²) in [7, 11) is 5.18. The van der Waals surface area contributed by atoms with Crippen LogP contribution in [0.1, 0.15) is 89.3 Å². The molecule has 1 aromatic carbocycles. The Labute approximate surface area is 275 Å². The smallest absolute Gasteiger partial charge is 0.363 e. The van der Waals surface area contributed by atoms with E-state index in [-0.39, 0.29) is 41.4 Å². The molecule has 0 N–H and O–H groups in total. The maximum absolute atomic E-state index is 14.1. The lowest BCUT2D eigenvalue weighted by atomic mass is 9.81. The van der Waals surface area contributed by atoms with Crippen molar-refractivity contribution < 1.29 is 50.6 Å². The average Bonchev–Trinajstić information content (AvgIpc) is 3.50. The van der Waals surface area contributed by atoms with Gasteiger partial charge in [-0.2, -0.15) is 8.78 Å². The molecule has 0 bridgehead atoms. The van der Waals surface area contributed by atoms with E-state index in [1.54, 1.807) is 39.9 Å². The van der Waals surface area contributed by atoms with Gasteiger partial charge in [0.25, 0.3) is 0 Å². The van der Waals surface area contributed by atoms with Gasteiger partial charge in [0.05, 0.1) is 5.54 Å². The molecule has 0 radical (unpaired) electrons. The van der Waals surface area contributed by atoms with Gasteiger partial charge < -0.3 is 14.4 Å². The maximum atomic E-state index is 14.1. The SMILES string of the molecule is CC[C@H](C)[C@H](CC(=O)C(C)(C)N(C)C)C(=O)N(C)[C@H](C[C@@H](OC(C)=O)c1nc(C(=O)Oc2c(F)c(F)c(F)c(F)c2F)cs1)C(C)C. The fourth-order valence-corrected chi connectivity index (χ4v) is 5.61. The molecule has 47 heavy (non-hydrogen) atoms. The predicted molar refractivity (Wildman–Crippen MR) is 164 cm³/mol. The van der Waals surface area contributed by atoms with Gasteiger partial charge in [0.2, 0.25) is 40.7 Å². The summed E-state index contributed by atoms with van der Waals surface area (Å²) in [5.41, 5.74) is -1.35. The molecule has 2 rings (SSSR count). The Hall–Kier alpha value is -3.46. The minimum Gasteiger partial charge on any atom is -0.455 e. The minimum atomic E-state index is -2.41. The van der Waals surface area contributed by atoms with Gasteiger partial charge in [-0.15, -0.1) is 11.3 Å². The van der Waals surface area contributed by atoms with Crippen LogP contribution in [0.3, 0.4) is 0 Å². The Morgan fingerprint density at radius 1 is 0.936 bits per heavy atom. The third-order valence-corrected chi connectivity index (χ3v) is 9.54. The van der Waals surface area contributed by atoms with Crippen molar-refractivity contribution in [3.8, 4) is 5.75 Å². The molecule has 0 aliphatic rings. The molecule has 0 fully saturated rings. The minimum absolute atomic E-state index is 0.0164. The van der Waals surface area contributed by atoms with E-state index in [0.717, 1.165) is 23.6 Å². The van der Waals surface area contributed by atoms with Gasteiger partial charge in [-0.3, -0.25) is 19.3 Å². The summed E-state index contributed by atoms with van der Waals surface area (Å²) in [5.74, 6) is -17.0. The van der Waals surface area contributed by atoms with Crippen LogP contribution in [0.4, 0.5) is 22.0 Å². The van der Waals surface area contributed by atoms with Crippen molar-refractivity contribution in [2.75, 3.05) is 21.1 Å². The van der Waals surface area contributed by atoms with E-state index in [1.807, 2.05) is 27.7 Å². The molecular formula is C32H42F5N3O6S. The average molecular weight is 692 g/mol. The number of ether oxygens (including phenoxy) is 2. The number of ketones is 1. The molecule has 15 heteroatoms. The number of halogens is 5. The van der Waals surface area contributed by atoms with Gasteiger partial charge in [-0.1, -0.05) is 34.1 Å². The Balaban J connectivity index is 2.39. The van der Waals surface area contributed by atoms with Crippen LogP contribution in [-0.2, 0) is 19.1 Å². The van der Waals surface area contributed by atoms with Crippen molar-refractivity contribution in [3.63, 3.8) is 0 Å². The van der Waals surface area contributed by atoms with Crippen molar-refractivity contribution in [1.29, 1.82) is 0 Å². The number of carbonyl (C=O) groups is 4. The lowest BCUT2D eigenvalue weighted by Gasteiger charge is -2.38. The van der Waals surface area contributed by atoms with Crippen LogP contribution in [-0.4, -0.2) is 71.1 Å². The highest BCUT2D eigenvalue weighted by molar-refractivity contribution is 7.09. The third kappa shape index (κ3) is 9.12. The number of benzene rings is 1. The molecule has 262 valence electrons. The summed E-state index contributed by atoms with van der Waals surface area (Å²) < 4.78 is 78.7. The molecule has 0 spiro atoms. The Morgan fingerprint density at radius 3 is 1.94 bits per heavy atom. The van der Waals surface area contributed by atoms with Crippen LogP contribution in [0, 0.1) is 46.8 Å². The lowest BCUT2D eigenvalue weighted by molar-refractivity contribution is -0.149. The van der Waals surface area contributed by atoms with Gasteiger partial charge in [-0.05, 0) is 39.8 Å². The summed E-state index contributed by atoms with van der Waals surface area (Å²) in [6.07, 6.45) is -0.426. The highest BCUT2D eigenvalue weighted by atomic mass is 32.1. The van der Waals surface area contributed by atoms with E-state index in [9.17, 15) is 41.1 Å². The standard InChI is InChI=1S/C32H42F5N3O6S/c1-11-16(4)18(12-22(42)32(6,7)39(8)9)30(43)40(10)20(15(2)3)13-21(45-17(5)41)29-38-19(14-47-29)31(44)46-28-26(36)24(34)23(33)25(35)27(28)37/h14-16,18,20-21H,11-13H2,1-10H3/t16-,18-,20+,21+/m0/s1. The Kier molecular flexibility index (Phi) is 13.6. The number of Topliss-reactive ketones (excluding diaryl/α,β-unsaturated/α-hetero) is 1. The second-order valence-corrected chi connectivity index (χ2v) is 13.4. The summed E-state index contributed by atoms with van der Waals surface area (Å²) in [5, 5.41) is 1.16. The zero-order chi connectivity index (χ0) is 36.1. The van der Waals surface area contributed by atoms with Gasteiger partial charge in [-0.25, -0.2) is 22.9 Å². The van der Waals surface area contributed by atoms with Crippen molar-refractivity contribution in [1.82, 2.24) is 14.8 Å². The van der Waals surface area contributed by atoms with Crippen molar-refractivity contribution in [3.05, 3.63) is 45.2 Å². The largest absolute Gasteiger partial charge is 0.455 e. The van der Waals surface area contributed by atoms with E-state index in [1.165, 1.54) is 4.90 Å². The highest BCUT2D eigenvalue weighted by Gasteiger charge is 2.39. The second kappa shape index (κ2) is 16.1. The fourth-order valence-electron chi connectivity index (χ4n) is 4.79. The van der Waals surface area contributed by atoms with Crippen LogP contribution in [0.5, 0.6) is 5.75 Å². The number of amides is 1. The molecule has 0 saturated heterocycles. The molecule has 2 aromatic rings. The van der Waals surface area contributed by atoms with Crippen molar-refractivity contribution >= 4 is 35.0 Å². The first kappa shape index (κ1) is 39.7. The summed E-state index contributed by atoms with van der Waals surface area (Å²) in [6, 6.07) is -0.553. The number of esters is 2. The number of rotatable bonds is 15. The number of carbonyl (C=O) groups excluding carboxylic acids is 4. The topological polar surface area (TPSA) is 106 Å². The first-order valence-corrected chi connectivity index (χ1v) is 15.9. The van der Waals surface area contributed by atoms with E-state index < -0.39 is 76.1 Å². The molecule has 0 aliphatic heterocycles. The van der Waals surface area contributed by atoms with E-state index >= 15 is 0 Å². The normalized spacial score (nSPS) is 14.5. The number of aromatic nitrogens is 1. The van der Waals surface area contributed by atoms with Gasteiger partial charge in [0.15, 0.2) is 17.6 Å². The van der Waals surface area contributed by atoms with Crippen LogP contribution >= 0.6 is 11.3 Å². The number of thiazole rings is 1. The Bertz CT molecular complexity index is 1450. The monoisotopic (exact) mass is 691 g/mol. The summed E-state index contributed by atoms with van der Waals surface area (Å²) in [6.45, 7) is 12.3. The molecule has 0 saturated carbocycles. The molecule has 1 amide bonds. The van der Waals surface area contributed by atoms with Crippen LogP contribution < -0.4 is 4.74 Å². The molecular weight excluding hydrogens is 649 g/mol. The molecule has 4 atom stereocenters. The molecule has 9 nitrogen and oxygen atoms in total. The zero-order valence-corrected chi connectivity index (χ0v) is 29.0.